The number of anilines is 6. The third-order valence-corrected chi connectivity index (χ3v) is 18.0. The van der Waals surface area contributed by atoms with Crippen LogP contribution in [0.2, 0.25) is 13.1 Å². The number of nitrogens with zero attached hydrogens (tertiary/aromatic N) is 2. The number of hydrogen-bond acceptors (Lipinski definition) is 3. The van der Waals surface area contributed by atoms with Crippen LogP contribution < -0.4 is 24.9 Å². The van der Waals surface area contributed by atoms with E-state index in [-0.39, 0.29) is 10.8 Å². The Hall–Kier alpha value is -6.88. The molecule has 0 aromatic heterocycles. The molecule has 0 atom stereocenters. The highest BCUT2D eigenvalue weighted by molar-refractivity contribution is 7.02. The van der Waals surface area contributed by atoms with Crippen molar-refractivity contribution in [3.8, 4) is 33.8 Å². The topological polar surface area (TPSA) is 15.7 Å². The summed E-state index contributed by atoms with van der Waals surface area (Å²) in [5.41, 5.74) is 20.0. The fourth-order valence-electron chi connectivity index (χ4n) is 11.1. The van der Waals surface area contributed by atoms with E-state index >= 15 is 0 Å². The lowest BCUT2D eigenvalue weighted by molar-refractivity contribution is 0.477. The highest BCUT2D eigenvalue weighted by Gasteiger charge is 2.41. The van der Waals surface area contributed by atoms with E-state index in [0.29, 0.717) is 0 Å². The summed E-state index contributed by atoms with van der Waals surface area (Å²) < 4.78 is 6.33. The van der Waals surface area contributed by atoms with Gasteiger partial charge in [0, 0.05) is 33.6 Å². The maximum absolute atomic E-state index is 6.33. The SMILES string of the molecule is CC1(C)c2cc(C=Cc3ccc4c(c3)C(C)(C)c3cc(N5c6ccccc6[Si](C)(C)c6ccccc65)ccc3-4)ccc2-c2ccc(N3c4ccccc4Oc4ccccc43)cc21. The molecule has 12 rings (SSSR count). The average molecular weight is 817 g/mol. The van der Waals surface area contributed by atoms with Gasteiger partial charge in [0.05, 0.1) is 11.4 Å². The van der Waals surface area contributed by atoms with Crippen molar-refractivity contribution in [3.05, 3.63) is 203 Å². The Morgan fingerprint density at radius 2 is 0.758 bits per heavy atom. The Morgan fingerprint density at radius 1 is 0.403 bits per heavy atom. The Bertz CT molecular complexity index is 3130. The lowest BCUT2D eigenvalue weighted by Gasteiger charge is -2.41. The summed E-state index contributed by atoms with van der Waals surface area (Å²) in [5, 5.41) is 2.98. The van der Waals surface area contributed by atoms with E-state index in [9.17, 15) is 0 Å². The molecule has 2 heterocycles. The molecule has 62 heavy (non-hydrogen) atoms. The molecule has 0 saturated heterocycles. The summed E-state index contributed by atoms with van der Waals surface area (Å²) in [7, 11) is -1.85. The van der Waals surface area contributed by atoms with Crippen LogP contribution in [0.25, 0.3) is 34.4 Å². The first-order chi connectivity index (χ1) is 30.0. The molecule has 0 unspecified atom stereocenters. The molecule has 4 heteroatoms. The molecule has 0 spiro atoms. The molecule has 2 aliphatic carbocycles. The van der Waals surface area contributed by atoms with Crippen molar-refractivity contribution in [2.45, 2.75) is 51.6 Å². The molecule has 0 N–H and O–H groups in total. The molecule has 0 radical (unpaired) electrons. The minimum atomic E-state index is -1.85. The normalized spacial score (nSPS) is 16.3. The summed E-state index contributed by atoms with van der Waals surface area (Å²) >= 11 is 0. The monoisotopic (exact) mass is 816 g/mol. The number of ether oxygens (including phenoxy) is 1. The molecule has 8 aromatic carbocycles. The molecule has 3 nitrogen and oxygen atoms in total. The Labute approximate surface area is 366 Å². The zero-order chi connectivity index (χ0) is 42.1. The molecule has 300 valence electrons. The van der Waals surface area contributed by atoms with Gasteiger partial charge in [-0.2, -0.15) is 0 Å². The van der Waals surface area contributed by atoms with Gasteiger partial charge < -0.3 is 14.5 Å². The van der Waals surface area contributed by atoms with E-state index in [1.165, 1.54) is 83.1 Å². The van der Waals surface area contributed by atoms with Crippen molar-refractivity contribution >= 4 is 64.7 Å². The Kier molecular flexibility index (Phi) is 7.78. The predicted molar refractivity (Wildman–Crippen MR) is 263 cm³/mol. The second-order valence-corrected chi connectivity index (χ2v) is 23.3. The van der Waals surface area contributed by atoms with Crippen molar-refractivity contribution < 1.29 is 4.74 Å². The molecule has 0 amide bonds. The Balaban J connectivity index is 0.848. The molecule has 4 aliphatic rings. The lowest BCUT2D eigenvalue weighted by atomic mass is 9.81. The van der Waals surface area contributed by atoms with E-state index in [0.717, 1.165) is 28.6 Å². The van der Waals surface area contributed by atoms with Gasteiger partial charge in [0.2, 0.25) is 0 Å². The van der Waals surface area contributed by atoms with Gasteiger partial charge in [-0.1, -0.05) is 162 Å². The summed E-state index contributed by atoms with van der Waals surface area (Å²) in [6.07, 6.45) is 4.58. The number of benzene rings is 8. The maximum Gasteiger partial charge on any atom is 0.151 e. The van der Waals surface area contributed by atoms with Gasteiger partial charge in [-0.3, -0.25) is 0 Å². The van der Waals surface area contributed by atoms with Crippen LogP contribution in [0.3, 0.4) is 0 Å². The van der Waals surface area contributed by atoms with Crippen LogP contribution >= 0.6 is 0 Å². The Morgan fingerprint density at radius 3 is 1.21 bits per heavy atom. The number of para-hydroxylation sites is 6. The second-order valence-electron chi connectivity index (χ2n) is 19.0. The smallest absolute Gasteiger partial charge is 0.151 e. The van der Waals surface area contributed by atoms with Gasteiger partial charge >= 0.3 is 0 Å². The van der Waals surface area contributed by atoms with Crippen molar-refractivity contribution in [2.24, 2.45) is 0 Å². The molecular weight excluding hydrogens is 769 g/mol. The highest BCUT2D eigenvalue weighted by Crippen LogP contribution is 2.55. The van der Waals surface area contributed by atoms with E-state index in [4.69, 9.17) is 4.74 Å². The molecule has 0 bridgehead atoms. The zero-order valence-corrected chi connectivity index (χ0v) is 37.1. The van der Waals surface area contributed by atoms with Crippen molar-refractivity contribution in [3.63, 3.8) is 0 Å². The second kappa shape index (κ2) is 13.1. The summed E-state index contributed by atoms with van der Waals surface area (Å²) in [6.45, 7) is 14.5. The molecule has 0 saturated carbocycles. The maximum atomic E-state index is 6.33. The van der Waals surface area contributed by atoms with Gasteiger partial charge in [-0.15, -0.1) is 0 Å². The zero-order valence-electron chi connectivity index (χ0n) is 36.1. The summed E-state index contributed by atoms with van der Waals surface area (Å²) in [4.78, 5) is 4.85. The predicted octanol–water partition coefficient (Wildman–Crippen LogP) is 14.7. The van der Waals surface area contributed by atoms with Crippen LogP contribution in [-0.2, 0) is 10.8 Å². The van der Waals surface area contributed by atoms with E-state index in [2.05, 4.69) is 220 Å². The molecular formula is C58H48N2OSi. The van der Waals surface area contributed by atoms with Gasteiger partial charge in [0.25, 0.3) is 0 Å². The van der Waals surface area contributed by atoms with Crippen LogP contribution in [0.15, 0.2) is 170 Å². The first kappa shape index (κ1) is 36.9. The number of rotatable bonds is 4. The van der Waals surface area contributed by atoms with Gasteiger partial charge in [-0.05, 0) is 127 Å². The van der Waals surface area contributed by atoms with Gasteiger partial charge in [0.1, 0.15) is 8.07 Å². The fraction of sp³-hybridized carbons (Fsp3) is 0.138. The van der Waals surface area contributed by atoms with Crippen LogP contribution in [0.5, 0.6) is 11.5 Å². The van der Waals surface area contributed by atoms with Gasteiger partial charge in [-0.25, -0.2) is 0 Å². The van der Waals surface area contributed by atoms with Crippen LogP contribution in [0.4, 0.5) is 34.1 Å². The van der Waals surface area contributed by atoms with Crippen LogP contribution in [-0.4, -0.2) is 8.07 Å². The minimum absolute atomic E-state index is 0.152. The van der Waals surface area contributed by atoms with E-state index in [1.54, 1.807) is 0 Å². The summed E-state index contributed by atoms with van der Waals surface area (Å²) in [6, 6.07) is 62.9. The third-order valence-electron chi connectivity index (χ3n) is 14.4. The molecule has 0 fully saturated rings. The van der Waals surface area contributed by atoms with Gasteiger partial charge in [0.15, 0.2) is 11.5 Å². The number of hydrogen-bond donors (Lipinski definition) is 0. The van der Waals surface area contributed by atoms with Crippen molar-refractivity contribution in [1.29, 1.82) is 0 Å². The minimum Gasteiger partial charge on any atom is -0.453 e. The molecule has 2 aliphatic heterocycles. The van der Waals surface area contributed by atoms with Crippen molar-refractivity contribution in [1.82, 2.24) is 0 Å². The first-order valence-electron chi connectivity index (χ1n) is 21.9. The first-order valence-corrected chi connectivity index (χ1v) is 24.9. The van der Waals surface area contributed by atoms with Crippen LogP contribution in [0.1, 0.15) is 61.1 Å². The number of fused-ring (bicyclic) bond motifs is 10. The third kappa shape index (κ3) is 5.23. The van der Waals surface area contributed by atoms with Crippen molar-refractivity contribution in [2.75, 3.05) is 9.80 Å². The largest absolute Gasteiger partial charge is 0.453 e. The molecule has 8 aromatic rings. The summed E-state index contributed by atoms with van der Waals surface area (Å²) in [5.74, 6) is 1.74. The van der Waals surface area contributed by atoms with E-state index < -0.39 is 8.07 Å². The fourth-order valence-corrected chi connectivity index (χ4v) is 14.1. The average Bonchev–Trinajstić information content (AvgIpc) is 3.65. The standard InChI is InChI=1S/C58H48N2OSi/c1-57(2)45-33-37(25-29-41(45)43-31-27-39(35-47(43)57)59-49-15-7-11-19-53(49)61-54-20-12-8-16-50(54)59)23-24-38-26-30-42-44-32-28-40(36-48(44)58(3,4)46(42)34-38)60-51-17-9-13-21-55(51)62(5,6)56-22-14-10-18-52(56)60/h7-36H,1-6H3. The van der Waals surface area contributed by atoms with E-state index in [1.807, 2.05) is 12.1 Å². The quantitative estimate of drug-likeness (QED) is 0.130. The van der Waals surface area contributed by atoms with Crippen LogP contribution in [0, 0.1) is 0 Å². The highest BCUT2D eigenvalue weighted by atomic mass is 28.3. The lowest BCUT2D eigenvalue weighted by Crippen LogP contribution is -2.58.